The molecule has 0 bridgehead atoms. The molecule has 0 spiro atoms. The maximum Gasteiger partial charge on any atom is 0.326 e. The molecule has 1 aliphatic heterocycles. The Morgan fingerprint density at radius 2 is 2.05 bits per heavy atom. The highest BCUT2D eigenvalue weighted by atomic mass is 16.4. The molecular formula is C12H15N3O5. The second kappa shape index (κ2) is 5.72. The molecule has 8 heteroatoms. The Morgan fingerprint density at radius 1 is 1.30 bits per heavy atom. The lowest BCUT2D eigenvalue weighted by Crippen LogP contribution is -2.48. The molecule has 20 heavy (non-hydrogen) atoms. The van der Waals surface area contributed by atoms with Gasteiger partial charge in [-0.3, -0.25) is 14.6 Å². The van der Waals surface area contributed by atoms with Crippen molar-refractivity contribution >= 4 is 11.9 Å². The number of H-pyrrole nitrogens is 2. The van der Waals surface area contributed by atoms with Gasteiger partial charge in [0.1, 0.15) is 6.04 Å². The van der Waals surface area contributed by atoms with E-state index in [1.165, 1.54) is 4.90 Å². The van der Waals surface area contributed by atoms with E-state index in [1.54, 1.807) is 0 Å². The van der Waals surface area contributed by atoms with E-state index in [1.807, 2.05) is 4.98 Å². The lowest BCUT2D eigenvalue weighted by molar-refractivity contribution is -0.151. The van der Waals surface area contributed by atoms with Crippen LogP contribution in [0.2, 0.25) is 0 Å². The summed E-state index contributed by atoms with van der Waals surface area (Å²) in [6.07, 6.45) is 1.75. The van der Waals surface area contributed by atoms with Gasteiger partial charge < -0.3 is 15.0 Å². The first kappa shape index (κ1) is 14.0. The number of carbonyl (C=O) groups is 2. The number of nitrogens with zero attached hydrogens (tertiary/aromatic N) is 1. The Balaban J connectivity index is 2.15. The number of rotatable bonds is 3. The van der Waals surface area contributed by atoms with Gasteiger partial charge in [0, 0.05) is 18.3 Å². The van der Waals surface area contributed by atoms with Crippen molar-refractivity contribution in [2.24, 2.45) is 0 Å². The van der Waals surface area contributed by atoms with Crippen LogP contribution in [-0.4, -0.2) is 44.4 Å². The quantitative estimate of drug-likeness (QED) is 0.660. The average Bonchev–Trinajstić information content (AvgIpc) is 2.37. The van der Waals surface area contributed by atoms with Crippen LogP contribution in [0.25, 0.3) is 0 Å². The SMILES string of the molecule is O=C(O)C1CCCCN1C(=O)Cc1cc(=O)[nH]c(=O)[nH]1. The predicted octanol–water partition coefficient (Wildman–Crippen LogP) is -0.929. The molecule has 1 aromatic heterocycles. The van der Waals surface area contributed by atoms with E-state index in [2.05, 4.69) is 4.98 Å². The molecule has 2 rings (SSSR count). The number of aromatic nitrogens is 2. The van der Waals surface area contributed by atoms with Crippen molar-refractivity contribution in [3.63, 3.8) is 0 Å². The van der Waals surface area contributed by atoms with E-state index in [9.17, 15) is 19.2 Å². The van der Waals surface area contributed by atoms with Crippen molar-refractivity contribution in [2.75, 3.05) is 6.54 Å². The summed E-state index contributed by atoms with van der Waals surface area (Å²) >= 11 is 0. The monoisotopic (exact) mass is 281 g/mol. The maximum absolute atomic E-state index is 12.1. The first-order valence-electron chi connectivity index (χ1n) is 6.32. The predicted molar refractivity (Wildman–Crippen MR) is 68.4 cm³/mol. The molecule has 1 fully saturated rings. The zero-order valence-corrected chi connectivity index (χ0v) is 10.7. The fourth-order valence-corrected chi connectivity index (χ4v) is 2.37. The Labute approximate surface area is 113 Å². The number of piperidine rings is 1. The zero-order chi connectivity index (χ0) is 14.7. The Morgan fingerprint density at radius 3 is 2.70 bits per heavy atom. The molecule has 3 N–H and O–H groups in total. The van der Waals surface area contributed by atoms with Crippen molar-refractivity contribution in [3.05, 3.63) is 32.6 Å². The summed E-state index contributed by atoms with van der Waals surface area (Å²) in [4.78, 5) is 51.2. The lowest BCUT2D eigenvalue weighted by Gasteiger charge is -2.32. The first-order valence-corrected chi connectivity index (χ1v) is 6.32. The van der Waals surface area contributed by atoms with E-state index in [4.69, 9.17) is 5.11 Å². The van der Waals surface area contributed by atoms with Gasteiger partial charge in [-0.2, -0.15) is 0 Å². The van der Waals surface area contributed by atoms with Crippen LogP contribution in [0, 0.1) is 0 Å². The van der Waals surface area contributed by atoms with E-state index in [-0.39, 0.29) is 12.1 Å². The molecule has 0 saturated carbocycles. The third-order valence-corrected chi connectivity index (χ3v) is 3.27. The topological polar surface area (TPSA) is 123 Å². The summed E-state index contributed by atoms with van der Waals surface area (Å²) in [5.41, 5.74) is -1.10. The van der Waals surface area contributed by atoms with Crippen molar-refractivity contribution < 1.29 is 14.7 Å². The van der Waals surface area contributed by atoms with Gasteiger partial charge in [-0.15, -0.1) is 0 Å². The molecule has 1 aliphatic rings. The van der Waals surface area contributed by atoms with E-state index in [0.29, 0.717) is 13.0 Å². The normalized spacial score (nSPS) is 18.8. The van der Waals surface area contributed by atoms with Gasteiger partial charge in [-0.25, -0.2) is 9.59 Å². The van der Waals surface area contributed by atoms with Gasteiger partial charge in [-0.1, -0.05) is 0 Å². The van der Waals surface area contributed by atoms with Crippen LogP contribution in [0.5, 0.6) is 0 Å². The summed E-state index contributed by atoms with van der Waals surface area (Å²) < 4.78 is 0. The molecule has 1 saturated heterocycles. The molecule has 1 atom stereocenters. The number of amides is 1. The highest BCUT2D eigenvalue weighted by molar-refractivity contribution is 5.84. The van der Waals surface area contributed by atoms with Crippen LogP contribution in [0.1, 0.15) is 25.0 Å². The van der Waals surface area contributed by atoms with Crippen LogP contribution in [0.3, 0.4) is 0 Å². The number of carbonyl (C=O) groups excluding carboxylic acids is 1. The number of hydrogen-bond acceptors (Lipinski definition) is 4. The third-order valence-electron chi connectivity index (χ3n) is 3.27. The van der Waals surface area contributed by atoms with Crippen molar-refractivity contribution in [1.82, 2.24) is 14.9 Å². The zero-order valence-electron chi connectivity index (χ0n) is 10.7. The van der Waals surface area contributed by atoms with Gasteiger partial charge in [-0.05, 0) is 19.3 Å². The molecule has 108 valence electrons. The van der Waals surface area contributed by atoms with Gasteiger partial charge in [0.05, 0.1) is 6.42 Å². The molecular weight excluding hydrogens is 266 g/mol. The molecule has 1 unspecified atom stereocenters. The van der Waals surface area contributed by atoms with Crippen LogP contribution in [0.15, 0.2) is 15.7 Å². The number of aliphatic carboxylic acids is 1. The summed E-state index contributed by atoms with van der Waals surface area (Å²) in [6, 6.07) is 0.295. The van der Waals surface area contributed by atoms with Crippen LogP contribution >= 0.6 is 0 Å². The molecule has 1 amide bonds. The number of carboxylic acid groups (broad SMARTS) is 1. The molecule has 0 aliphatic carbocycles. The first-order chi connectivity index (χ1) is 9.47. The highest BCUT2D eigenvalue weighted by Gasteiger charge is 2.31. The molecule has 1 aromatic rings. The molecule has 8 nitrogen and oxygen atoms in total. The largest absolute Gasteiger partial charge is 0.480 e. The number of carboxylic acids is 1. The van der Waals surface area contributed by atoms with Gasteiger partial charge >= 0.3 is 11.7 Å². The second-order valence-electron chi connectivity index (χ2n) is 4.73. The minimum absolute atomic E-state index is 0.179. The summed E-state index contributed by atoms with van der Waals surface area (Å²) in [6.45, 7) is 0.378. The van der Waals surface area contributed by atoms with Gasteiger partial charge in [0.25, 0.3) is 5.56 Å². The fraction of sp³-hybridized carbons (Fsp3) is 0.500. The third kappa shape index (κ3) is 3.14. The minimum atomic E-state index is -1.03. The minimum Gasteiger partial charge on any atom is -0.480 e. The summed E-state index contributed by atoms with van der Waals surface area (Å²) in [7, 11) is 0. The van der Waals surface area contributed by atoms with Gasteiger partial charge in [0.15, 0.2) is 0 Å². The maximum atomic E-state index is 12.1. The standard InChI is InChI=1S/C12H15N3O5/c16-9-5-7(13-12(20)14-9)6-10(17)15-4-2-1-3-8(15)11(18)19/h5,8H,1-4,6H2,(H,18,19)(H2,13,14,16,20). The fourth-order valence-electron chi connectivity index (χ4n) is 2.37. The molecule has 0 aromatic carbocycles. The number of hydrogen-bond donors (Lipinski definition) is 3. The second-order valence-corrected chi connectivity index (χ2v) is 4.73. The Bertz CT molecular complexity index is 604. The van der Waals surface area contributed by atoms with E-state index < -0.39 is 29.2 Å². The van der Waals surface area contributed by atoms with Crippen LogP contribution in [-0.2, 0) is 16.0 Å². The summed E-state index contributed by atoms with van der Waals surface area (Å²) in [5, 5.41) is 9.11. The number of likely N-dealkylation sites (tertiary alicyclic amines) is 1. The van der Waals surface area contributed by atoms with Crippen molar-refractivity contribution in [3.8, 4) is 0 Å². The Kier molecular flexibility index (Phi) is 4.02. The number of aromatic amines is 2. The van der Waals surface area contributed by atoms with Crippen LogP contribution < -0.4 is 11.2 Å². The van der Waals surface area contributed by atoms with Crippen LogP contribution in [0.4, 0.5) is 0 Å². The number of nitrogens with one attached hydrogen (secondary N) is 2. The van der Waals surface area contributed by atoms with Gasteiger partial charge in [0.2, 0.25) is 5.91 Å². The highest BCUT2D eigenvalue weighted by Crippen LogP contribution is 2.18. The van der Waals surface area contributed by atoms with Crippen molar-refractivity contribution in [2.45, 2.75) is 31.7 Å². The van der Waals surface area contributed by atoms with E-state index in [0.717, 1.165) is 18.9 Å². The lowest BCUT2D eigenvalue weighted by atomic mass is 10.0. The molecule has 0 radical (unpaired) electrons. The smallest absolute Gasteiger partial charge is 0.326 e. The Hall–Kier alpha value is -2.38. The average molecular weight is 281 g/mol. The van der Waals surface area contributed by atoms with E-state index >= 15 is 0 Å². The van der Waals surface area contributed by atoms with Crippen molar-refractivity contribution in [1.29, 1.82) is 0 Å². The molecule has 2 heterocycles. The summed E-state index contributed by atoms with van der Waals surface area (Å²) in [5.74, 6) is -1.43.